The van der Waals surface area contributed by atoms with Crippen molar-refractivity contribution in [3.05, 3.63) is 251 Å². The van der Waals surface area contributed by atoms with E-state index in [1.807, 2.05) is 72.8 Å². The van der Waals surface area contributed by atoms with Gasteiger partial charge < -0.3 is 9.13 Å². The quantitative estimate of drug-likeness (QED) is 0.118. The van der Waals surface area contributed by atoms with Gasteiger partial charge in [0.15, 0.2) is 11.4 Å². The molecular weight excluding hydrogens is 991 g/mol. The van der Waals surface area contributed by atoms with Gasteiger partial charge in [-0.2, -0.15) is 36.9 Å². The molecule has 10 aromatic carbocycles. The fraction of sp³-hybridized carbons (Fsp3) is 0.0303. The molecule has 0 bridgehead atoms. The van der Waals surface area contributed by atoms with Crippen LogP contribution in [-0.4, -0.2) is 9.13 Å². The lowest BCUT2D eigenvalue weighted by atomic mass is 9.93. The maximum absolute atomic E-state index is 15.7. The summed E-state index contributed by atoms with van der Waals surface area (Å²) in [5.74, 6) is 0. The van der Waals surface area contributed by atoms with Crippen LogP contribution in [0, 0.1) is 35.8 Å². The Kier molecular flexibility index (Phi) is 11.5. The van der Waals surface area contributed by atoms with Crippen LogP contribution >= 0.6 is 0 Å². The summed E-state index contributed by atoms with van der Waals surface area (Å²) >= 11 is 0. The van der Waals surface area contributed by atoms with Crippen molar-refractivity contribution in [1.29, 1.82) is 10.5 Å². The van der Waals surface area contributed by atoms with Gasteiger partial charge in [-0.3, -0.25) is 0 Å². The van der Waals surface area contributed by atoms with Crippen LogP contribution in [0.25, 0.3) is 120 Å². The van der Waals surface area contributed by atoms with Crippen molar-refractivity contribution in [1.82, 2.24) is 9.13 Å². The molecule has 0 amide bonds. The van der Waals surface area contributed by atoms with Crippen LogP contribution in [-0.2, 0) is 12.4 Å². The molecule has 0 radical (unpaired) electrons. The number of rotatable bonds is 7. The van der Waals surface area contributed by atoms with Crippen molar-refractivity contribution in [2.45, 2.75) is 12.4 Å². The molecule has 6 nitrogen and oxygen atoms in total. The molecule has 0 spiro atoms. The van der Waals surface area contributed by atoms with Crippen molar-refractivity contribution in [3.63, 3.8) is 0 Å². The van der Waals surface area contributed by atoms with Crippen molar-refractivity contribution in [2.24, 2.45) is 0 Å². The van der Waals surface area contributed by atoms with E-state index < -0.39 is 34.6 Å². The van der Waals surface area contributed by atoms with Gasteiger partial charge in [0.05, 0.1) is 69.6 Å². The molecule has 370 valence electrons. The predicted molar refractivity (Wildman–Crippen MR) is 294 cm³/mol. The van der Waals surface area contributed by atoms with Gasteiger partial charge in [0.2, 0.25) is 0 Å². The topological polar surface area (TPSA) is 66.2 Å². The van der Waals surface area contributed by atoms with Gasteiger partial charge in [-0.1, -0.05) is 121 Å². The molecule has 0 saturated heterocycles. The lowest BCUT2D eigenvalue weighted by molar-refractivity contribution is -0.139. The molecule has 0 aliphatic heterocycles. The summed E-state index contributed by atoms with van der Waals surface area (Å²) in [6.45, 7) is 14.9. The zero-order valence-corrected chi connectivity index (χ0v) is 40.6. The van der Waals surface area contributed by atoms with E-state index in [2.05, 4.69) is 21.8 Å². The molecule has 0 saturated carbocycles. The third kappa shape index (κ3) is 8.41. The molecule has 0 N–H and O–H groups in total. The average molecular weight is 1030 g/mol. The largest absolute Gasteiger partial charge is 0.417 e. The molecule has 0 atom stereocenters. The molecule has 12 rings (SSSR count). The fourth-order valence-corrected chi connectivity index (χ4v) is 10.5. The Morgan fingerprint density at radius 3 is 0.859 bits per heavy atom. The third-order valence-corrected chi connectivity index (χ3v) is 14.3. The first-order chi connectivity index (χ1) is 37.7. The second kappa shape index (κ2) is 18.6. The van der Waals surface area contributed by atoms with E-state index in [0.29, 0.717) is 44.6 Å². The average Bonchev–Trinajstić information content (AvgIpc) is 3.99. The minimum Gasteiger partial charge on any atom is -0.309 e. The minimum atomic E-state index is -5.11. The van der Waals surface area contributed by atoms with E-state index in [1.54, 1.807) is 106 Å². The van der Waals surface area contributed by atoms with E-state index in [4.69, 9.17) is 13.1 Å². The van der Waals surface area contributed by atoms with Crippen LogP contribution in [0.5, 0.6) is 0 Å². The van der Waals surface area contributed by atoms with E-state index in [-0.39, 0.29) is 11.4 Å². The summed E-state index contributed by atoms with van der Waals surface area (Å²) in [6, 6.07) is 61.4. The smallest absolute Gasteiger partial charge is 0.309 e. The number of halogens is 6. The van der Waals surface area contributed by atoms with E-state index in [1.165, 1.54) is 24.3 Å². The highest BCUT2D eigenvalue weighted by atomic mass is 19.4. The fourth-order valence-electron chi connectivity index (χ4n) is 10.5. The first-order valence-corrected chi connectivity index (χ1v) is 24.3. The minimum absolute atomic E-state index is 0.159. The van der Waals surface area contributed by atoms with E-state index in [9.17, 15) is 10.5 Å². The zero-order valence-electron chi connectivity index (χ0n) is 40.6. The van der Waals surface area contributed by atoms with Crippen molar-refractivity contribution >= 4 is 55.0 Å². The molecule has 12 aromatic rings. The Bertz CT molecular complexity index is 4070. The van der Waals surface area contributed by atoms with Crippen LogP contribution in [0.1, 0.15) is 22.3 Å². The summed E-state index contributed by atoms with van der Waals surface area (Å²) in [6.07, 6.45) is -10.2. The first kappa shape index (κ1) is 48.3. The lowest BCUT2D eigenvalue weighted by Gasteiger charge is -2.21. The van der Waals surface area contributed by atoms with Crippen LogP contribution in [0.3, 0.4) is 0 Å². The van der Waals surface area contributed by atoms with Crippen molar-refractivity contribution < 1.29 is 26.3 Å². The van der Waals surface area contributed by atoms with Gasteiger partial charge in [0.1, 0.15) is 0 Å². The highest BCUT2D eigenvalue weighted by molar-refractivity contribution is 6.12. The summed E-state index contributed by atoms with van der Waals surface area (Å²) in [7, 11) is 0. The van der Waals surface area contributed by atoms with Gasteiger partial charge in [-0.05, 0) is 141 Å². The maximum atomic E-state index is 15.7. The normalized spacial score (nSPS) is 11.7. The highest BCUT2D eigenvalue weighted by Gasteiger charge is 2.39. The number of aromatic nitrogens is 2. The monoisotopic (exact) mass is 1020 g/mol. The molecule has 0 aliphatic carbocycles. The van der Waals surface area contributed by atoms with Crippen LogP contribution in [0.15, 0.2) is 206 Å². The standard InChI is InChI=1S/C66H34F6N6/c1-75-49-19-11-43(12-20-49)47-17-27-55-53-25-15-45(41-7-3-39(37-73)4-8-41)31-61(53)77(63(55)33-47)51-23-29-59(65(67,68)69)57(35-51)58-36-52(24-30-60(58)66(70,71)72)78-62-32-46(42-9-5-40(38-74)6-10-42)16-26-54(62)56-28-18-48(34-64(56)78)44-13-21-50(76-2)22-14-44/h3-36H. The molecule has 0 aliphatic rings. The Balaban J connectivity index is 1.12. The molecule has 78 heavy (non-hydrogen) atoms. The molecule has 2 aromatic heterocycles. The van der Waals surface area contributed by atoms with Crippen molar-refractivity contribution in [2.75, 3.05) is 0 Å². The van der Waals surface area contributed by atoms with E-state index >= 15 is 26.3 Å². The second-order valence-electron chi connectivity index (χ2n) is 18.7. The van der Waals surface area contributed by atoms with Crippen LogP contribution in [0.4, 0.5) is 37.7 Å². The Morgan fingerprint density at radius 1 is 0.333 bits per heavy atom. The number of alkyl halides is 6. The molecule has 0 fully saturated rings. The van der Waals surface area contributed by atoms with Gasteiger partial charge in [-0.15, -0.1) is 0 Å². The number of hydrogen-bond acceptors (Lipinski definition) is 2. The zero-order chi connectivity index (χ0) is 54.0. The van der Waals surface area contributed by atoms with Gasteiger partial charge in [0, 0.05) is 32.9 Å². The number of hydrogen-bond donors (Lipinski definition) is 0. The maximum Gasteiger partial charge on any atom is 0.417 e. The Morgan fingerprint density at radius 2 is 0.603 bits per heavy atom. The summed E-state index contributed by atoms with van der Waals surface area (Å²) in [4.78, 5) is 7.02. The second-order valence-corrected chi connectivity index (χ2v) is 18.7. The number of nitriles is 2. The molecule has 0 unspecified atom stereocenters. The number of fused-ring (bicyclic) bond motifs is 6. The molecular formula is C66H34F6N6. The van der Waals surface area contributed by atoms with E-state index in [0.717, 1.165) is 78.2 Å². The Labute approximate surface area is 442 Å². The predicted octanol–water partition coefficient (Wildman–Crippen LogP) is 19.1. The van der Waals surface area contributed by atoms with Crippen LogP contribution in [0.2, 0.25) is 0 Å². The Hall–Kier alpha value is -10.7. The third-order valence-electron chi connectivity index (χ3n) is 14.3. The van der Waals surface area contributed by atoms with Gasteiger partial charge in [0.25, 0.3) is 0 Å². The van der Waals surface area contributed by atoms with Crippen molar-refractivity contribution in [3.8, 4) is 79.1 Å². The number of benzene rings is 10. The highest BCUT2D eigenvalue weighted by Crippen LogP contribution is 2.47. The summed E-state index contributed by atoms with van der Waals surface area (Å²) < 4.78 is 97.5. The molecule has 12 heteroatoms. The van der Waals surface area contributed by atoms with Gasteiger partial charge >= 0.3 is 12.4 Å². The van der Waals surface area contributed by atoms with Crippen LogP contribution < -0.4 is 0 Å². The molecule has 2 heterocycles. The lowest BCUT2D eigenvalue weighted by Crippen LogP contribution is -2.12. The van der Waals surface area contributed by atoms with Gasteiger partial charge in [-0.25, -0.2) is 9.69 Å². The SMILES string of the molecule is [C-]#[N+]c1ccc(-c2ccc3c4ccc(-c5ccc(C#N)cc5)cc4n(-c4ccc(C(F)(F)F)c(-c5cc(-n6c7cc(-c8ccc(C#N)cc8)ccc7c7ccc(-c8ccc([N+]#[C-])cc8)cc76)ccc5C(F)(F)F)c4)c3c2)cc1. The summed E-state index contributed by atoms with van der Waals surface area (Å²) in [5, 5.41) is 21.9. The number of nitrogens with zero attached hydrogens (tertiary/aromatic N) is 6. The summed E-state index contributed by atoms with van der Waals surface area (Å²) in [5.41, 5.74) is 6.33. The first-order valence-electron chi connectivity index (χ1n) is 24.3.